The number of carbonyl (C=O) groups is 1. The average Bonchev–Trinajstić information content (AvgIpc) is 2.89. The van der Waals surface area contributed by atoms with Crippen molar-refractivity contribution in [3.63, 3.8) is 0 Å². The molecule has 1 aromatic carbocycles. The van der Waals surface area contributed by atoms with Crippen molar-refractivity contribution in [2.24, 2.45) is 16.6 Å². The van der Waals surface area contributed by atoms with Gasteiger partial charge in [0.25, 0.3) is 0 Å². The number of halogens is 3. The number of pyridine rings is 1. The number of aliphatic hydroxyl groups is 1. The maximum Gasteiger partial charge on any atom is 0.435 e. The first-order valence-corrected chi connectivity index (χ1v) is 11.6. The van der Waals surface area contributed by atoms with Crippen LogP contribution < -0.4 is 11.1 Å². The molecule has 198 valence electrons. The molecule has 10 heteroatoms. The number of hydrogen-bond donors (Lipinski definition) is 3. The molecule has 0 atom stereocenters. The van der Waals surface area contributed by atoms with Gasteiger partial charge in [0.05, 0.1) is 17.6 Å². The van der Waals surface area contributed by atoms with Gasteiger partial charge in [-0.15, -0.1) is 0 Å². The highest BCUT2D eigenvalue weighted by atomic mass is 19.4. The minimum atomic E-state index is -4.68. The van der Waals surface area contributed by atoms with Crippen LogP contribution in [0.25, 0.3) is 0 Å². The number of nitrogens with zero attached hydrogens (tertiary/aromatic N) is 3. The molecule has 1 saturated carbocycles. The van der Waals surface area contributed by atoms with Gasteiger partial charge >= 0.3 is 6.18 Å². The largest absolute Gasteiger partial charge is 0.435 e. The molecule has 1 aliphatic rings. The van der Waals surface area contributed by atoms with Crippen LogP contribution in [0.15, 0.2) is 65.7 Å². The van der Waals surface area contributed by atoms with Crippen molar-refractivity contribution in [1.29, 1.82) is 0 Å². The summed E-state index contributed by atoms with van der Waals surface area (Å²) in [5, 5.41) is 9.69. The van der Waals surface area contributed by atoms with Gasteiger partial charge in [0, 0.05) is 37.7 Å². The number of carbonyl (C=O) groups excluding carboxylic acids is 1. The molecular weight excluding hydrogens is 471 g/mol. The number of alkyl halides is 3. The summed E-state index contributed by atoms with van der Waals surface area (Å²) in [5.41, 5.74) is 5.59. The van der Waals surface area contributed by atoms with Crippen LogP contribution in [0.1, 0.15) is 37.7 Å². The van der Waals surface area contributed by atoms with Crippen molar-refractivity contribution in [3.8, 4) is 0 Å². The maximum atomic E-state index is 13.5. The van der Waals surface area contributed by atoms with Crippen LogP contribution >= 0.6 is 0 Å². The van der Waals surface area contributed by atoms with Crippen molar-refractivity contribution in [2.75, 3.05) is 26.5 Å². The second kappa shape index (κ2) is 16.4. The number of benzene rings is 1. The number of aliphatic hydroxyl groups excluding tert-OH is 1. The lowest BCUT2D eigenvalue weighted by Gasteiger charge is -2.16. The van der Waals surface area contributed by atoms with Gasteiger partial charge in [0.2, 0.25) is 0 Å². The summed E-state index contributed by atoms with van der Waals surface area (Å²) in [6.45, 7) is 0.732. The van der Waals surface area contributed by atoms with E-state index >= 15 is 0 Å². The summed E-state index contributed by atoms with van der Waals surface area (Å²) in [6, 6.07) is 10.0. The Labute approximate surface area is 210 Å². The van der Waals surface area contributed by atoms with Crippen molar-refractivity contribution in [3.05, 3.63) is 66.3 Å². The van der Waals surface area contributed by atoms with Gasteiger partial charge in [-0.1, -0.05) is 31.4 Å². The first-order valence-electron chi connectivity index (χ1n) is 11.6. The fourth-order valence-electron chi connectivity index (χ4n) is 3.49. The van der Waals surface area contributed by atoms with E-state index in [4.69, 9.17) is 10.8 Å². The molecule has 4 N–H and O–H groups in total. The molecule has 0 radical (unpaired) electrons. The molecule has 0 saturated heterocycles. The molecule has 1 aliphatic carbocycles. The fourth-order valence-corrected chi connectivity index (χ4v) is 3.49. The molecule has 0 unspecified atom stereocenters. The molecule has 2 aromatic rings. The molecule has 3 rings (SSSR count). The SMILES string of the molecule is CN(C)Cc1ccc(N/C(=C/N)C(=Nc2cccnc2)C(F)(F)F)cc1.CO.O=CC1CCCCC1. The number of nitrogens with one attached hydrogen (secondary N) is 1. The second-order valence-corrected chi connectivity index (χ2v) is 8.34. The predicted molar refractivity (Wildman–Crippen MR) is 138 cm³/mol. The lowest BCUT2D eigenvalue weighted by molar-refractivity contribution is -0.111. The highest BCUT2D eigenvalue weighted by molar-refractivity contribution is 6.07. The van der Waals surface area contributed by atoms with Gasteiger partial charge in [0.15, 0.2) is 5.71 Å². The van der Waals surface area contributed by atoms with Crippen molar-refractivity contribution in [1.82, 2.24) is 9.88 Å². The van der Waals surface area contributed by atoms with E-state index in [1.165, 1.54) is 43.8 Å². The lowest BCUT2D eigenvalue weighted by Crippen LogP contribution is -2.29. The van der Waals surface area contributed by atoms with Crippen LogP contribution in [-0.2, 0) is 11.3 Å². The van der Waals surface area contributed by atoms with E-state index in [0.717, 1.165) is 44.5 Å². The molecule has 36 heavy (non-hydrogen) atoms. The highest BCUT2D eigenvalue weighted by Gasteiger charge is 2.38. The number of aldehydes is 1. The molecule has 1 aromatic heterocycles. The number of rotatable bonds is 7. The molecule has 1 heterocycles. The first-order chi connectivity index (χ1) is 17.2. The first kappa shape index (κ1) is 30.8. The number of anilines is 1. The zero-order valence-corrected chi connectivity index (χ0v) is 21.0. The maximum absolute atomic E-state index is 13.5. The van der Waals surface area contributed by atoms with Crippen LogP contribution in [0.4, 0.5) is 24.5 Å². The molecule has 0 amide bonds. The molecule has 0 bridgehead atoms. The summed E-state index contributed by atoms with van der Waals surface area (Å²) >= 11 is 0. The van der Waals surface area contributed by atoms with E-state index < -0.39 is 11.9 Å². The topological polar surface area (TPSA) is 104 Å². The number of allylic oxidation sites excluding steroid dienone is 1. The molecule has 1 fully saturated rings. The van der Waals surface area contributed by atoms with E-state index in [-0.39, 0.29) is 11.4 Å². The third-order valence-corrected chi connectivity index (χ3v) is 5.15. The van der Waals surface area contributed by atoms with Crippen LogP contribution in [0.2, 0.25) is 0 Å². The minimum Gasteiger partial charge on any atom is -0.403 e. The number of hydrogen-bond acceptors (Lipinski definition) is 7. The van der Waals surface area contributed by atoms with Crippen LogP contribution in [0.3, 0.4) is 0 Å². The molecule has 0 spiro atoms. The smallest absolute Gasteiger partial charge is 0.403 e. The van der Waals surface area contributed by atoms with Gasteiger partial charge in [-0.05, 0) is 56.8 Å². The molecular formula is C26H36F3N5O2. The van der Waals surface area contributed by atoms with Crippen molar-refractivity contribution < 1.29 is 23.1 Å². The standard InChI is InChI=1S/C18H20F3N5.C7H12O.CH4O/c1-26(2)12-13-5-7-14(8-6-13)24-16(10-22)17(18(19,20)21)25-15-4-3-9-23-11-15;8-6-7-4-2-1-3-5-7;1-2/h3-11,24H,12,22H2,1-2H3;6-7H,1-5H2;2H,1H3/b16-10+,25-17?;;. The number of aliphatic imine (C=N–C) groups is 1. The van der Waals surface area contributed by atoms with Crippen LogP contribution in [0.5, 0.6) is 0 Å². The Morgan fingerprint density at radius 2 is 1.81 bits per heavy atom. The monoisotopic (exact) mass is 507 g/mol. The molecule has 7 nitrogen and oxygen atoms in total. The molecule has 0 aliphatic heterocycles. The Morgan fingerprint density at radius 3 is 2.25 bits per heavy atom. The zero-order valence-electron chi connectivity index (χ0n) is 21.0. The van der Waals surface area contributed by atoms with Gasteiger partial charge < -0.3 is 25.9 Å². The lowest BCUT2D eigenvalue weighted by atomic mass is 9.91. The zero-order chi connectivity index (χ0) is 27.0. The summed E-state index contributed by atoms with van der Waals surface area (Å²) < 4.78 is 40.4. The normalized spacial score (nSPS) is 14.8. The Morgan fingerprint density at radius 1 is 1.17 bits per heavy atom. The van der Waals surface area contributed by atoms with Crippen molar-refractivity contribution in [2.45, 2.75) is 44.8 Å². The van der Waals surface area contributed by atoms with Crippen molar-refractivity contribution >= 4 is 23.4 Å². The van der Waals surface area contributed by atoms with Gasteiger partial charge in [-0.2, -0.15) is 13.2 Å². The van der Waals surface area contributed by atoms with Gasteiger partial charge in [0.1, 0.15) is 6.29 Å². The Bertz CT molecular complexity index is 940. The third-order valence-electron chi connectivity index (χ3n) is 5.15. The fraction of sp³-hybridized carbons (Fsp3) is 0.423. The van der Waals surface area contributed by atoms with Crippen LogP contribution in [-0.4, -0.2) is 54.4 Å². The van der Waals surface area contributed by atoms with E-state index in [1.807, 2.05) is 31.1 Å². The van der Waals surface area contributed by atoms with Gasteiger partial charge in [-0.25, -0.2) is 4.99 Å². The minimum absolute atomic E-state index is 0.0855. The predicted octanol–water partition coefficient (Wildman–Crippen LogP) is 5.06. The number of aromatic nitrogens is 1. The summed E-state index contributed by atoms with van der Waals surface area (Å²) in [4.78, 5) is 19.6. The van der Waals surface area contributed by atoms with E-state index in [9.17, 15) is 18.0 Å². The Balaban J connectivity index is 0.000000543. The Hall–Kier alpha value is -3.24. The average molecular weight is 508 g/mol. The quantitative estimate of drug-likeness (QED) is 0.357. The van der Waals surface area contributed by atoms with E-state index in [2.05, 4.69) is 15.3 Å². The van der Waals surface area contributed by atoms with E-state index in [0.29, 0.717) is 11.6 Å². The number of nitrogens with two attached hydrogens (primary N) is 1. The summed E-state index contributed by atoms with van der Waals surface area (Å²) in [5.74, 6) is 0.406. The Kier molecular flexibility index (Phi) is 14.1. The van der Waals surface area contributed by atoms with Crippen LogP contribution in [0, 0.1) is 5.92 Å². The van der Waals surface area contributed by atoms with E-state index in [1.54, 1.807) is 12.1 Å². The summed E-state index contributed by atoms with van der Waals surface area (Å²) in [7, 11) is 4.87. The summed E-state index contributed by atoms with van der Waals surface area (Å²) in [6.07, 6.45) is 6.15. The second-order valence-electron chi connectivity index (χ2n) is 8.34. The highest BCUT2D eigenvalue weighted by Crippen LogP contribution is 2.26. The van der Waals surface area contributed by atoms with Gasteiger partial charge in [-0.3, -0.25) is 4.98 Å². The third kappa shape index (κ3) is 11.5.